The van der Waals surface area contributed by atoms with Crippen molar-refractivity contribution in [1.29, 1.82) is 0 Å². The molecule has 88 valence electrons. The third-order valence-corrected chi connectivity index (χ3v) is 2.36. The van der Waals surface area contributed by atoms with E-state index in [1.54, 1.807) is 19.1 Å². The van der Waals surface area contributed by atoms with Gasteiger partial charge < -0.3 is 15.2 Å². The van der Waals surface area contributed by atoms with Crippen molar-refractivity contribution in [3.05, 3.63) is 29.8 Å². The van der Waals surface area contributed by atoms with E-state index in [9.17, 15) is 9.90 Å². The summed E-state index contributed by atoms with van der Waals surface area (Å²) in [5, 5.41) is 12.6. The van der Waals surface area contributed by atoms with Crippen LogP contribution in [0.4, 0.5) is 0 Å². The van der Waals surface area contributed by atoms with Crippen molar-refractivity contribution in [3.8, 4) is 5.75 Å². The fourth-order valence-electron chi connectivity index (χ4n) is 1.37. The van der Waals surface area contributed by atoms with Gasteiger partial charge in [-0.15, -0.1) is 0 Å². The second-order valence-corrected chi connectivity index (χ2v) is 3.68. The molecule has 0 aromatic heterocycles. The molecular weight excluding hydrogens is 206 g/mol. The maximum Gasteiger partial charge on any atom is 0.309 e. The van der Waals surface area contributed by atoms with Crippen LogP contribution in [0.15, 0.2) is 24.3 Å². The molecule has 4 heteroatoms. The largest absolute Gasteiger partial charge is 0.508 e. The second kappa shape index (κ2) is 6.12. The Morgan fingerprint density at radius 2 is 2.19 bits per heavy atom. The molecule has 0 saturated heterocycles. The number of hydrogen-bond donors (Lipinski definition) is 2. The van der Waals surface area contributed by atoms with Gasteiger partial charge >= 0.3 is 5.97 Å². The summed E-state index contributed by atoms with van der Waals surface area (Å²) in [7, 11) is 1.38. The van der Waals surface area contributed by atoms with Crippen LogP contribution < -0.4 is 5.32 Å². The molecule has 0 fully saturated rings. The van der Waals surface area contributed by atoms with Crippen molar-refractivity contribution in [1.82, 2.24) is 5.32 Å². The molecule has 1 atom stereocenters. The smallest absolute Gasteiger partial charge is 0.309 e. The molecule has 1 aromatic rings. The van der Waals surface area contributed by atoms with E-state index in [-0.39, 0.29) is 17.6 Å². The number of rotatable bonds is 5. The van der Waals surface area contributed by atoms with E-state index in [1.807, 2.05) is 12.1 Å². The van der Waals surface area contributed by atoms with Gasteiger partial charge in [0.2, 0.25) is 0 Å². The molecule has 0 aliphatic carbocycles. The number of nitrogens with one attached hydrogen (secondary N) is 1. The topological polar surface area (TPSA) is 58.6 Å². The first-order chi connectivity index (χ1) is 7.65. The molecule has 0 radical (unpaired) electrons. The quantitative estimate of drug-likeness (QED) is 0.738. The number of para-hydroxylation sites is 1. The van der Waals surface area contributed by atoms with Gasteiger partial charge in [-0.05, 0) is 6.07 Å². The Morgan fingerprint density at radius 3 is 2.81 bits per heavy atom. The Bertz CT molecular complexity index is 352. The number of carbonyl (C=O) groups is 1. The summed E-state index contributed by atoms with van der Waals surface area (Å²) in [6, 6.07) is 7.11. The Balaban J connectivity index is 2.36. The fourth-order valence-corrected chi connectivity index (χ4v) is 1.37. The van der Waals surface area contributed by atoms with E-state index in [4.69, 9.17) is 0 Å². The number of benzene rings is 1. The predicted molar refractivity (Wildman–Crippen MR) is 61.0 cm³/mol. The Hall–Kier alpha value is -1.55. The molecule has 4 nitrogen and oxygen atoms in total. The summed E-state index contributed by atoms with van der Waals surface area (Å²) < 4.78 is 4.61. The maximum atomic E-state index is 11.1. The van der Waals surface area contributed by atoms with Crippen molar-refractivity contribution in [2.75, 3.05) is 13.7 Å². The lowest BCUT2D eigenvalue weighted by Crippen LogP contribution is -2.26. The van der Waals surface area contributed by atoms with E-state index in [0.717, 1.165) is 5.56 Å². The van der Waals surface area contributed by atoms with Crippen molar-refractivity contribution in [2.45, 2.75) is 13.5 Å². The highest BCUT2D eigenvalue weighted by Gasteiger charge is 2.12. The number of aromatic hydroxyl groups is 1. The number of phenolic OH excluding ortho intramolecular Hbond substituents is 1. The molecule has 0 spiro atoms. The Labute approximate surface area is 95.2 Å². The molecule has 0 aliphatic rings. The molecule has 0 bridgehead atoms. The summed E-state index contributed by atoms with van der Waals surface area (Å²) in [6.07, 6.45) is 0. The molecule has 1 aromatic carbocycles. The fraction of sp³-hybridized carbons (Fsp3) is 0.417. The highest BCUT2D eigenvalue weighted by Crippen LogP contribution is 2.14. The number of methoxy groups -OCH3 is 1. The monoisotopic (exact) mass is 223 g/mol. The van der Waals surface area contributed by atoms with E-state index in [1.165, 1.54) is 7.11 Å². The zero-order valence-electron chi connectivity index (χ0n) is 9.56. The number of ether oxygens (including phenoxy) is 1. The van der Waals surface area contributed by atoms with Gasteiger partial charge in [0.05, 0.1) is 13.0 Å². The van der Waals surface area contributed by atoms with Crippen molar-refractivity contribution in [3.63, 3.8) is 0 Å². The van der Waals surface area contributed by atoms with Crippen LogP contribution in [0.25, 0.3) is 0 Å². The van der Waals surface area contributed by atoms with E-state index in [0.29, 0.717) is 13.1 Å². The van der Waals surface area contributed by atoms with E-state index >= 15 is 0 Å². The third-order valence-electron chi connectivity index (χ3n) is 2.36. The summed E-state index contributed by atoms with van der Waals surface area (Å²) in [4.78, 5) is 11.1. The van der Waals surface area contributed by atoms with Crippen LogP contribution in [-0.4, -0.2) is 24.7 Å². The van der Waals surface area contributed by atoms with Crippen LogP contribution >= 0.6 is 0 Å². The minimum atomic E-state index is -0.232. The van der Waals surface area contributed by atoms with Gasteiger partial charge in [0.15, 0.2) is 0 Å². The Morgan fingerprint density at radius 1 is 1.50 bits per heavy atom. The molecule has 1 unspecified atom stereocenters. The highest BCUT2D eigenvalue weighted by atomic mass is 16.5. The minimum Gasteiger partial charge on any atom is -0.508 e. The molecule has 16 heavy (non-hydrogen) atoms. The van der Waals surface area contributed by atoms with Gasteiger partial charge in [0.1, 0.15) is 5.75 Å². The lowest BCUT2D eigenvalue weighted by Gasteiger charge is -2.10. The van der Waals surface area contributed by atoms with Crippen LogP contribution in [0.1, 0.15) is 12.5 Å². The van der Waals surface area contributed by atoms with Crippen molar-refractivity contribution in [2.24, 2.45) is 5.92 Å². The number of esters is 1. The summed E-state index contributed by atoms with van der Waals surface area (Å²) in [5.41, 5.74) is 0.819. The lowest BCUT2D eigenvalue weighted by molar-refractivity contribution is -0.144. The van der Waals surface area contributed by atoms with Crippen LogP contribution in [0, 0.1) is 5.92 Å². The number of phenols is 1. The molecule has 0 heterocycles. The average Bonchev–Trinajstić information content (AvgIpc) is 2.30. The van der Waals surface area contributed by atoms with Gasteiger partial charge in [0, 0.05) is 18.7 Å². The van der Waals surface area contributed by atoms with Crippen LogP contribution in [0.3, 0.4) is 0 Å². The predicted octanol–water partition coefficient (Wildman–Crippen LogP) is 1.29. The normalized spacial score (nSPS) is 12.1. The molecule has 0 saturated carbocycles. The van der Waals surface area contributed by atoms with Crippen molar-refractivity contribution >= 4 is 5.97 Å². The first kappa shape index (κ1) is 12.5. The zero-order valence-corrected chi connectivity index (χ0v) is 9.56. The summed E-state index contributed by atoms with van der Waals surface area (Å²) in [5.74, 6) is -0.152. The number of hydrogen-bond acceptors (Lipinski definition) is 4. The average molecular weight is 223 g/mol. The van der Waals surface area contributed by atoms with E-state index in [2.05, 4.69) is 10.1 Å². The third kappa shape index (κ3) is 3.55. The van der Waals surface area contributed by atoms with Crippen molar-refractivity contribution < 1.29 is 14.6 Å². The minimum absolute atomic E-state index is 0.184. The highest BCUT2D eigenvalue weighted by molar-refractivity contribution is 5.72. The van der Waals surface area contributed by atoms with Gasteiger partial charge in [-0.25, -0.2) is 0 Å². The first-order valence-electron chi connectivity index (χ1n) is 5.20. The van der Waals surface area contributed by atoms with Gasteiger partial charge in [-0.2, -0.15) is 0 Å². The van der Waals surface area contributed by atoms with E-state index < -0.39 is 0 Å². The first-order valence-corrected chi connectivity index (χ1v) is 5.20. The SMILES string of the molecule is COC(=O)C(C)CNCc1ccccc1O. The van der Waals surface area contributed by atoms with Crippen LogP contribution in [0.2, 0.25) is 0 Å². The molecular formula is C12H17NO3. The standard InChI is InChI=1S/C12H17NO3/c1-9(12(15)16-2)7-13-8-10-5-3-4-6-11(10)14/h3-6,9,13-14H,7-8H2,1-2H3. The second-order valence-electron chi connectivity index (χ2n) is 3.68. The number of carbonyl (C=O) groups excluding carboxylic acids is 1. The van der Waals surface area contributed by atoms with Crippen LogP contribution in [0.5, 0.6) is 5.75 Å². The molecule has 0 amide bonds. The maximum absolute atomic E-state index is 11.1. The summed E-state index contributed by atoms with van der Waals surface area (Å²) >= 11 is 0. The zero-order chi connectivity index (χ0) is 12.0. The Kier molecular flexibility index (Phi) is 4.79. The summed E-state index contributed by atoms with van der Waals surface area (Å²) in [6.45, 7) is 2.86. The molecule has 1 rings (SSSR count). The molecule has 2 N–H and O–H groups in total. The molecule has 0 aliphatic heterocycles. The van der Waals surface area contributed by atoms with Gasteiger partial charge in [0.25, 0.3) is 0 Å². The lowest BCUT2D eigenvalue weighted by atomic mass is 10.1. The van der Waals surface area contributed by atoms with Gasteiger partial charge in [-0.1, -0.05) is 25.1 Å². The van der Waals surface area contributed by atoms with Gasteiger partial charge in [-0.3, -0.25) is 4.79 Å². The van der Waals surface area contributed by atoms with Crippen LogP contribution in [-0.2, 0) is 16.1 Å².